The largest absolute Gasteiger partial charge is 0.496 e. The maximum atomic E-state index is 14.1. The summed E-state index contributed by atoms with van der Waals surface area (Å²) in [5.41, 5.74) is 0.195. The lowest BCUT2D eigenvalue weighted by Gasteiger charge is -2.19. The van der Waals surface area contributed by atoms with Gasteiger partial charge in [-0.25, -0.2) is 30.9 Å². The number of benzene rings is 3. The van der Waals surface area contributed by atoms with Crippen LogP contribution in [0.3, 0.4) is 0 Å². The van der Waals surface area contributed by atoms with E-state index in [0.29, 0.717) is 22.9 Å². The third kappa shape index (κ3) is 7.05. The zero-order valence-corrected chi connectivity index (χ0v) is 26.2. The number of rotatable bonds is 9. The molecule has 4 aromatic rings. The summed E-state index contributed by atoms with van der Waals surface area (Å²) < 4.78 is 115. The number of ether oxygens (including phenoxy) is 1. The number of imidazole rings is 1. The van der Waals surface area contributed by atoms with Gasteiger partial charge in [0.1, 0.15) is 22.6 Å². The fraction of sp³-hybridized carbons (Fsp3) is 0.214. The molecule has 45 heavy (non-hydrogen) atoms. The molecule has 0 radical (unpaired) electrons. The highest BCUT2D eigenvalue weighted by Gasteiger charge is 2.38. The minimum atomic E-state index is -4.83. The van der Waals surface area contributed by atoms with Crippen molar-refractivity contribution in [2.24, 2.45) is 0 Å². The molecule has 0 saturated carbocycles. The molecule has 0 bridgehead atoms. The number of hydrogen-bond donors (Lipinski definition) is 3. The Morgan fingerprint density at radius 3 is 2.44 bits per heavy atom. The van der Waals surface area contributed by atoms with Gasteiger partial charge in [-0.1, -0.05) is 40.2 Å². The number of nitrogens with zero attached hydrogens (tertiary/aromatic N) is 1. The molecule has 1 fully saturated rings. The fourth-order valence-electron chi connectivity index (χ4n) is 4.83. The molecular weight excluding hydrogens is 708 g/mol. The lowest BCUT2D eigenvalue weighted by molar-refractivity contribution is -0.138. The van der Waals surface area contributed by atoms with E-state index in [1.54, 1.807) is 0 Å². The predicted molar refractivity (Wildman–Crippen MR) is 157 cm³/mol. The number of aromatic nitrogens is 2. The van der Waals surface area contributed by atoms with Crippen LogP contribution < -0.4 is 14.2 Å². The molecule has 1 aromatic heterocycles. The summed E-state index contributed by atoms with van der Waals surface area (Å²) in [6.45, 7) is 0. The number of methoxy groups -OCH3 is 1. The van der Waals surface area contributed by atoms with Crippen LogP contribution >= 0.6 is 15.9 Å². The number of amides is 1. The molecule has 5 rings (SSSR count). The highest BCUT2D eigenvalue weighted by atomic mass is 79.9. The Morgan fingerprint density at radius 1 is 1.11 bits per heavy atom. The van der Waals surface area contributed by atoms with Crippen molar-refractivity contribution in [2.75, 3.05) is 7.11 Å². The Balaban J connectivity index is 1.51. The van der Waals surface area contributed by atoms with Gasteiger partial charge in [-0.2, -0.15) is 13.2 Å². The summed E-state index contributed by atoms with van der Waals surface area (Å²) in [5, 5.41) is -1.09. The van der Waals surface area contributed by atoms with Gasteiger partial charge in [0.05, 0.1) is 41.9 Å². The van der Waals surface area contributed by atoms with Crippen LogP contribution in [0.2, 0.25) is 0 Å². The quantitative estimate of drug-likeness (QED) is 0.202. The van der Waals surface area contributed by atoms with Crippen molar-refractivity contribution in [3.05, 3.63) is 99.7 Å². The van der Waals surface area contributed by atoms with E-state index in [0.717, 1.165) is 12.1 Å². The molecule has 238 valence electrons. The number of alkyl halides is 3. The summed E-state index contributed by atoms with van der Waals surface area (Å²) >= 11 is 2.80. The minimum Gasteiger partial charge on any atom is -0.496 e. The van der Waals surface area contributed by atoms with E-state index in [1.807, 2.05) is 4.72 Å². The van der Waals surface area contributed by atoms with Crippen LogP contribution in [0, 0.1) is 5.82 Å². The Morgan fingerprint density at radius 2 is 1.82 bits per heavy atom. The molecule has 2 atom stereocenters. The van der Waals surface area contributed by atoms with E-state index >= 15 is 0 Å². The zero-order valence-electron chi connectivity index (χ0n) is 23.0. The maximum Gasteiger partial charge on any atom is 0.417 e. The van der Waals surface area contributed by atoms with E-state index in [1.165, 1.54) is 55.8 Å². The normalized spacial score (nSPS) is 17.2. The van der Waals surface area contributed by atoms with Crippen molar-refractivity contribution in [3.63, 3.8) is 0 Å². The third-order valence-electron chi connectivity index (χ3n) is 7.02. The summed E-state index contributed by atoms with van der Waals surface area (Å²) in [5.74, 6) is -0.867. The Kier molecular flexibility index (Phi) is 8.82. The molecule has 1 saturated heterocycles. The van der Waals surface area contributed by atoms with Crippen LogP contribution in [0.25, 0.3) is 11.3 Å². The molecule has 1 aliphatic rings. The number of carbonyl (C=O) groups excluding carboxylic acids is 1. The first kappa shape index (κ1) is 32.6. The molecular formula is C28H23BrF4N4O6S2. The van der Waals surface area contributed by atoms with Crippen molar-refractivity contribution >= 4 is 41.9 Å². The molecule has 3 N–H and O–H groups in total. The minimum absolute atomic E-state index is 0.0466. The topological polar surface area (TPSA) is 147 Å². The third-order valence-corrected chi connectivity index (χ3v) is 10.9. The first-order valence-electron chi connectivity index (χ1n) is 13.0. The van der Waals surface area contributed by atoms with Gasteiger partial charge in [-0.3, -0.25) is 9.52 Å². The van der Waals surface area contributed by atoms with E-state index in [4.69, 9.17) is 4.74 Å². The predicted octanol–water partition coefficient (Wildman–Crippen LogP) is 5.16. The molecule has 1 aliphatic heterocycles. The molecule has 1 amide bonds. The number of sulfonamides is 2. The van der Waals surface area contributed by atoms with E-state index in [-0.39, 0.29) is 34.4 Å². The molecule has 0 aliphatic carbocycles. The Labute approximate surface area is 263 Å². The lowest BCUT2D eigenvalue weighted by Crippen LogP contribution is -2.31. The van der Waals surface area contributed by atoms with Crippen LogP contribution in [-0.2, 0) is 37.4 Å². The summed E-state index contributed by atoms with van der Waals surface area (Å²) in [6, 6.07) is 11.1. The van der Waals surface area contributed by atoms with Gasteiger partial charge < -0.3 is 9.72 Å². The van der Waals surface area contributed by atoms with Crippen molar-refractivity contribution in [2.45, 2.75) is 35.2 Å². The lowest BCUT2D eigenvalue weighted by atomic mass is 10.0. The van der Waals surface area contributed by atoms with Gasteiger partial charge in [-0.15, -0.1) is 0 Å². The number of hydrogen-bond acceptors (Lipinski definition) is 7. The molecule has 3 aromatic carbocycles. The van der Waals surface area contributed by atoms with E-state index in [2.05, 4.69) is 30.6 Å². The van der Waals surface area contributed by atoms with E-state index in [9.17, 15) is 39.2 Å². The number of aromatic amines is 1. The van der Waals surface area contributed by atoms with Crippen molar-refractivity contribution in [3.8, 4) is 17.0 Å². The van der Waals surface area contributed by atoms with Crippen LogP contribution in [-0.4, -0.2) is 39.8 Å². The molecule has 10 nitrogen and oxygen atoms in total. The summed E-state index contributed by atoms with van der Waals surface area (Å²) in [4.78, 5) is 18.2. The summed E-state index contributed by atoms with van der Waals surface area (Å²) in [6.07, 6.45) is -3.86. The van der Waals surface area contributed by atoms with Gasteiger partial charge in [0.25, 0.3) is 0 Å². The number of H-pyrrole nitrogens is 1. The zero-order chi connectivity index (χ0) is 32.7. The van der Waals surface area contributed by atoms with Crippen LogP contribution in [0.5, 0.6) is 5.75 Å². The van der Waals surface area contributed by atoms with Gasteiger partial charge in [-0.05, 0) is 53.9 Å². The van der Waals surface area contributed by atoms with Gasteiger partial charge in [0.2, 0.25) is 26.0 Å². The van der Waals surface area contributed by atoms with Gasteiger partial charge >= 0.3 is 6.18 Å². The Hall–Kier alpha value is -3.80. The van der Waals surface area contributed by atoms with Gasteiger partial charge in [0.15, 0.2) is 0 Å². The second-order valence-electron chi connectivity index (χ2n) is 10.0. The monoisotopic (exact) mass is 730 g/mol. The second-order valence-corrected chi connectivity index (χ2v) is 14.5. The van der Waals surface area contributed by atoms with Crippen LogP contribution in [0.15, 0.2) is 76.2 Å². The number of nitrogens with one attached hydrogen (secondary N) is 3. The first-order chi connectivity index (χ1) is 21.1. The van der Waals surface area contributed by atoms with Gasteiger partial charge in [0, 0.05) is 10.0 Å². The number of carbonyl (C=O) groups is 1. The van der Waals surface area contributed by atoms with Crippen molar-refractivity contribution in [1.29, 1.82) is 0 Å². The molecule has 2 heterocycles. The smallest absolute Gasteiger partial charge is 0.417 e. The van der Waals surface area contributed by atoms with Crippen molar-refractivity contribution in [1.82, 2.24) is 19.4 Å². The average Bonchev–Trinajstić information content (AvgIpc) is 3.56. The van der Waals surface area contributed by atoms with E-state index < -0.39 is 59.7 Å². The SMILES string of the molecule is COc1ccc(F)cc1-c1cnc(C(Cc2ccc(C3CC(=O)NS3(=O)=O)cc2)NS(=O)(=O)c2ccc(Br)c(C(F)(F)F)c2)[nH]1. The van der Waals surface area contributed by atoms with Crippen LogP contribution in [0.1, 0.15) is 40.2 Å². The maximum absolute atomic E-state index is 14.1. The molecule has 17 heteroatoms. The highest BCUT2D eigenvalue weighted by Crippen LogP contribution is 2.37. The average molecular weight is 732 g/mol. The molecule has 2 unspecified atom stereocenters. The van der Waals surface area contributed by atoms with Crippen molar-refractivity contribution < 1.29 is 43.9 Å². The molecule has 0 spiro atoms. The second kappa shape index (κ2) is 12.2. The summed E-state index contributed by atoms with van der Waals surface area (Å²) in [7, 11) is -7.10. The van der Waals surface area contributed by atoms with Crippen LogP contribution in [0.4, 0.5) is 17.6 Å². The highest BCUT2D eigenvalue weighted by molar-refractivity contribution is 9.10. The fourth-order valence-corrected chi connectivity index (χ4v) is 7.96. The number of halogens is 5. The Bertz CT molecular complexity index is 1980. The first-order valence-corrected chi connectivity index (χ1v) is 16.8. The standard InChI is InChI=1S/C28H23BrF4N4O6S2/c1-43-24-9-6-17(30)11-19(24)23-14-34-27(35-23)22(36-44(39,40)18-7-8-21(29)20(12-18)28(31,32)33)10-15-2-4-16(5-3-15)25-13-26(38)37-45(25,41)42/h2-9,11-12,14,22,25,36H,10,13H2,1H3,(H,34,35)(H,37,38).